The van der Waals surface area contributed by atoms with Crippen molar-refractivity contribution in [2.24, 2.45) is 0 Å². The summed E-state index contributed by atoms with van der Waals surface area (Å²) in [7, 11) is 0. The lowest BCUT2D eigenvalue weighted by Crippen LogP contribution is -2.38. The summed E-state index contributed by atoms with van der Waals surface area (Å²) in [5.41, 5.74) is 0.839. The van der Waals surface area contributed by atoms with Crippen molar-refractivity contribution in [2.45, 2.75) is 25.5 Å². The van der Waals surface area contributed by atoms with Gasteiger partial charge in [-0.2, -0.15) is 0 Å². The molecule has 1 fully saturated rings. The first-order chi connectivity index (χ1) is 10.1. The highest BCUT2D eigenvalue weighted by Gasteiger charge is 2.36. The summed E-state index contributed by atoms with van der Waals surface area (Å²) in [5.74, 6) is -1.36. The lowest BCUT2D eigenvalue weighted by molar-refractivity contribution is -0.137. The van der Waals surface area contributed by atoms with Crippen molar-refractivity contribution in [1.82, 2.24) is 10.2 Å². The van der Waals surface area contributed by atoms with Gasteiger partial charge in [0.05, 0.1) is 6.67 Å². The molecule has 2 rings (SSSR count). The van der Waals surface area contributed by atoms with Crippen molar-refractivity contribution in [3.63, 3.8) is 0 Å². The third-order valence-electron chi connectivity index (χ3n) is 3.17. The van der Waals surface area contributed by atoms with Crippen molar-refractivity contribution >= 4 is 18.0 Å². The highest BCUT2D eigenvalue weighted by atomic mass is 16.6. The van der Waals surface area contributed by atoms with Crippen LogP contribution < -0.4 is 5.32 Å². The van der Waals surface area contributed by atoms with E-state index in [9.17, 15) is 14.4 Å². The first kappa shape index (κ1) is 14.8. The van der Waals surface area contributed by atoms with E-state index >= 15 is 0 Å². The van der Waals surface area contributed by atoms with Crippen LogP contribution in [-0.4, -0.2) is 40.7 Å². The molecule has 7 heteroatoms. The predicted molar refractivity (Wildman–Crippen MR) is 72.1 cm³/mol. The van der Waals surface area contributed by atoms with Crippen LogP contribution in [0.5, 0.6) is 0 Å². The Labute approximate surface area is 121 Å². The molecule has 0 spiro atoms. The van der Waals surface area contributed by atoms with Gasteiger partial charge in [-0.25, -0.2) is 4.79 Å². The van der Waals surface area contributed by atoms with Crippen LogP contribution in [0.1, 0.15) is 18.4 Å². The maximum atomic E-state index is 12.0. The van der Waals surface area contributed by atoms with E-state index in [2.05, 4.69) is 5.32 Å². The van der Waals surface area contributed by atoms with E-state index < -0.39 is 18.1 Å². The molecule has 0 saturated carbocycles. The van der Waals surface area contributed by atoms with Crippen LogP contribution in [0.15, 0.2) is 30.3 Å². The van der Waals surface area contributed by atoms with E-state index in [4.69, 9.17) is 9.84 Å². The molecule has 1 aromatic rings. The maximum absolute atomic E-state index is 12.0. The second kappa shape index (κ2) is 6.74. The molecule has 1 aromatic carbocycles. The summed E-state index contributed by atoms with van der Waals surface area (Å²) in [6.07, 6.45) is -0.741. The van der Waals surface area contributed by atoms with Crippen molar-refractivity contribution < 1.29 is 24.2 Å². The number of carboxylic acid groups (broad SMARTS) is 1. The molecule has 112 valence electrons. The van der Waals surface area contributed by atoms with E-state index in [-0.39, 0.29) is 32.0 Å². The second-order valence-corrected chi connectivity index (χ2v) is 4.66. The minimum absolute atomic E-state index is 0.0384. The van der Waals surface area contributed by atoms with Gasteiger partial charge in [0, 0.05) is 6.42 Å². The van der Waals surface area contributed by atoms with Crippen LogP contribution in [0.3, 0.4) is 0 Å². The van der Waals surface area contributed by atoms with E-state index in [1.54, 1.807) is 0 Å². The molecular formula is C14H16N2O5. The number of benzene rings is 1. The van der Waals surface area contributed by atoms with Crippen LogP contribution >= 0.6 is 0 Å². The third-order valence-corrected chi connectivity index (χ3v) is 3.17. The smallest absolute Gasteiger partial charge is 0.412 e. The maximum Gasteiger partial charge on any atom is 0.412 e. The summed E-state index contributed by atoms with van der Waals surface area (Å²) in [6.45, 7) is 0.146. The molecule has 1 heterocycles. The largest absolute Gasteiger partial charge is 0.481 e. The summed E-state index contributed by atoms with van der Waals surface area (Å²) >= 11 is 0. The Bertz CT molecular complexity index is 531. The SMILES string of the molecule is O=C(O)CC[C@H]1C(=O)NCN1C(=O)OCc1ccccc1. The number of carboxylic acids is 1. The number of carbonyl (C=O) groups is 3. The first-order valence-corrected chi connectivity index (χ1v) is 6.55. The number of nitrogens with one attached hydrogen (secondary N) is 1. The number of rotatable bonds is 5. The monoisotopic (exact) mass is 292 g/mol. The summed E-state index contributed by atoms with van der Waals surface area (Å²) in [4.78, 5) is 35.4. The van der Waals surface area contributed by atoms with Gasteiger partial charge in [-0.15, -0.1) is 0 Å². The summed E-state index contributed by atoms with van der Waals surface area (Å²) in [5, 5.41) is 11.2. The molecule has 0 radical (unpaired) electrons. The van der Waals surface area contributed by atoms with Gasteiger partial charge < -0.3 is 15.2 Å². The normalized spacial score (nSPS) is 17.4. The Kier molecular flexibility index (Phi) is 4.76. The molecule has 2 amide bonds. The van der Waals surface area contributed by atoms with Crippen molar-refractivity contribution in [3.8, 4) is 0 Å². The molecule has 7 nitrogen and oxygen atoms in total. The van der Waals surface area contributed by atoms with Gasteiger partial charge in [-0.05, 0) is 12.0 Å². The molecule has 0 unspecified atom stereocenters. The second-order valence-electron chi connectivity index (χ2n) is 4.66. The van der Waals surface area contributed by atoms with E-state index in [1.165, 1.54) is 4.90 Å². The predicted octanol–water partition coefficient (Wildman–Crippen LogP) is 0.946. The quantitative estimate of drug-likeness (QED) is 0.842. The van der Waals surface area contributed by atoms with Gasteiger partial charge in [0.2, 0.25) is 5.91 Å². The van der Waals surface area contributed by atoms with Crippen LogP contribution in [0.25, 0.3) is 0 Å². The molecule has 1 saturated heterocycles. The summed E-state index contributed by atoms with van der Waals surface area (Å²) < 4.78 is 5.14. The Balaban J connectivity index is 1.91. The molecule has 0 bridgehead atoms. The van der Waals surface area contributed by atoms with E-state index in [1.807, 2.05) is 30.3 Å². The zero-order valence-corrected chi connectivity index (χ0v) is 11.3. The van der Waals surface area contributed by atoms with Gasteiger partial charge in [0.25, 0.3) is 0 Å². The van der Waals surface area contributed by atoms with Crippen LogP contribution in [0.2, 0.25) is 0 Å². The number of hydrogen-bond donors (Lipinski definition) is 2. The van der Waals surface area contributed by atoms with Crippen LogP contribution in [0, 0.1) is 0 Å². The van der Waals surface area contributed by atoms with Gasteiger partial charge in [0.1, 0.15) is 12.6 Å². The van der Waals surface area contributed by atoms with E-state index in [0.29, 0.717) is 0 Å². The van der Waals surface area contributed by atoms with Gasteiger partial charge in [-0.1, -0.05) is 30.3 Å². The molecule has 2 N–H and O–H groups in total. The van der Waals surface area contributed by atoms with Crippen molar-refractivity contribution in [2.75, 3.05) is 6.67 Å². The average molecular weight is 292 g/mol. The number of ether oxygens (including phenoxy) is 1. The Morgan fingerprint density at radius 1 is 1.33 bits per heavy atom. The molecule has 0 aliphatic carbocycles. The fraction of sp³-hybridized carbons (Fsp3) is 0.357. The molecule has 1 atom stereocenters. The lowest BCUT2D eigenvalue weighted by atomic mass is 10.1. The highest BCUT2D eigenvalue weighted by molar-refractivity contribution is 5.88. The average Bonchev–Trinajstić information content (AvgIpc) is 2.85. The molecule has 0 aromatic heterocycles. The zero-order valence-electron chi connectivity index (χ0n) is 11.3. The number of aliphatic carboxylic acids is 1. The minimum atomic E-state index is -1.01. The number of nitrogens with zero attached hydrogens (tertiary/aromatic N) is 1. The van der Waals surface area contributed by atoms with Crippen molar-refractivity contribution in [3.05, 3.63) is 35.9 Å². The number of amides is 2. The molecular weight excluding hydrogens is 276 g/mol. The fourth-order valence-corrected chi connectivity index (χ4v) is 2.07. The Morgan fingerprint density at radius 2 is 2.05 bits per heavy atom. The Morgan fingerprint density at radius 3 is 2.71 bits per heavy atom. The molecule has 1 aliphatic rings. The topological polar surface area (TPSA) is 95.9 Å². The first-order valence-electron chi connectivity index (χ1n) is 6.55. The minimum Gasteiger partial charge on any atom is -0.481 e. The zero-order chi connectivity index (χ0) is 15.2. The van der Waals surface area contributed by atoms with E-state index in [0.717, 1.165) is 5.56 Å². The number of carbonyl (C=O) groups excluding carboxylic acids is 2. The Hall–Kier alpha value is -2.57. The van der Waals surface area contributed by atoms with Gasteiger partial charge >= 0.3 is 12.1 Å². The highest BCUT2D eigenvalue weighted by Crippen LogP contribution is 2.14. The van der Waals surface area contributed by atoms with Crippen LogP contribution in [0.4, 0.5) is 4.79 Å². The van der Waals surface area contributed by atoms with Crippen LogP contribution in [-0.2, 0) is 20.9 Å². The standard InChI is InChI=1S/C14H16N2O5/c17-12(18)7-6-11-13(19)15-9-16(11)14(20)21-8-10-4-2-1-3-5-10/h1-5,11H,6-9H2,(H,15,19)(H,17,18)/t11-/m0/s1. The van der Waals surface area contributed by atoms with Gasteiger partial charge in [0.15, 0.2) is 0 Å². The lowest BCUT2D eigenvalue weighted by Gasteiger charge is -2.20. The molecule has 21 heavy (non-hydrogen) atoms. The summed E-state index contributed by atoms with van der Waals surface area (Å²) in [6, 6.07) is 8.38. The molecule has 1 aliphatic heterocycles. The van der Waals surface area contributed by atoms with Crippen molar-refractivity contribution in [1.29, 1.82) is 0 Å². The third kappa shape index (κ3) is 3.95. The van der Waals surface area contributed by atoms with Gasteiger partial charge in [-0.3, -0.25) is 14.5 Å². The number of hydrogen-bond acceptors (Lipinski definition) is 4. The fourth-order valence-electron chi connectivity index (χ4n) is 2.07.